The predicted molar refractivity (Wildman–Crippen MR) is 102 cm³/mol. The zero-order valence-electron chi connectivity index (χ0n) is 15.0. The van der Waals surface area contributed by atoms with Gasteiger partial charge >= 0.3 is 0 Å². The summed E-state index contributed by atoms with van der Waals surface area (Å²) in [7, 11) is 0. The van der Waals surface area contributed by atoms with E-state index in [-0.39, 0.29) is 17.6 Å². The maximum Gasteiger partial charge on any atom is 0.291 e. The monoisotopic (exact) mass is 372 g/mol. The number of rotatable bonds is 3. The number of amides is 2. The van der Waals surface area contributed by atoms with Gasteiger partial charge in [-0.2, -0.15) is 0 Å². The van der Waals surface area contributed by atoms with E-state index in [4.69, 9.17) is 4.42 Å². The molecule has 6 heteroatoms. The van der Waals surface area contributed by atoms with Crippen LogP contribution in [0.25, 0.3) is 0 Å². The van der Waals surface area contributed by atoms with Gasteiger partial charge in [0.2, 0.25) is 0 Å². The van der Waals surface area contributed by atoms with Crippen LogP contribution >= 0.6 is 11.3 Å². The predicted octanol–water partition coefficient (Wildman–Crippen LogP) is 4.55. The molecule has 3 heterocycles. The molecule has 4 rings (SSSR count). The third-order valence-electron chi connectivity index (χ3n) is 5.67. The third kappa shape index (κ3) is 3.43. The first-order valence-corrected chi connectivity index (χ1v) is 10.2. The number of furan rings is 1. The lowest BCUT2D eigenvalue weighted by atomic mass is 9.75. The quantitative estimate of drug-likeness (QED) is 0.859. The summed E-state index contributed by atoms with van der Waals surface area (Å²) in [6.45, 7) is 3.67. The lowest BCUT2D eigenvalue weighted by Crippen LogP contribution is -2.44. The van der Waals surface area contributed by atoms with E-state index in [1.165, 1.54) is 43.3 Å². The highest BCUT2D eigenvalue weighted by atomic mass is 32.1. The lowest BCUT2D eigenvalue weighted by molar-refractivity contribution is 0.0524. The summed E-state index contributed by atoms with van der Waals surface area (Å²) in [5, 5.41) is 3.50. The van der Waals surface area contributed by atoms with E-state index in [1.54, 1.807) is 12.1 Å². The number of hydrogen-bond donors (Lipinski definition) is 1. The van der Waals surface area contributed by atoms with Crippen LogP contribution in [0.3, 0.4) is 0 Å². The Hall–Kier alpha value is -2.08. The normalized spacial score (nSPS) is 22.7. The van der Waals surface area contributed by atoms with E-state index in [0.717, 1.165) is 35.9 Å². The van der Waals surface area contributed by atoms with Gasteiger partial charge in [0.1, 0.15) is 0 Å². The molecule has 0 spiro atoms. The molecule has 5 nitrogen and oxygen atoms in total. The summed E-state index contributed by atoms with van der Waals surface area (Å²) < 4.78 is 5.11. The fraction of sp³-hybridized carbons (Fsp3) is 0.500. The molecule has 1 saturated heterocycles. The van der Waals surface area contributed by atoms with Gasteiger partial charge in [-0.3, -0.25) is 9.59 Å². The molecule has 1 N–H and O–H groups in total. The van der Waals surface area contributed by atoms with Gasteiger partial charge in [-0.05, 0) is 55.4 Å². The van der Waals surface area contributed by atoms with Gasteiger partial charge in [0.15, 0.2) is 5.76 Å². The van der Waals surface area contributed by atoms with Crippen molar-refractivity contribution in [3.05, 3.63) is 40.7 Å². The fourth-order valence-electron chi connectivity index (χ4n) is 4.27. The van der Waals surface area contributed by atoms with E-state index in [1.807, 2.05) is 17.9 Å². The van der Waals surface area contributed by atoms with Gasteiger partial charge in [-0.15, -0.1) is 11.3 Å². The topological polar surface area (TPSA) is 62.6 Å². The number of hydrogen-bond acceptors (Lipinski definition) is 4. The van der Waals surface area contributed by atoms with E-state index in [2.05, 4.69) is 5.32 Å². The van der Waals surface area contributed by atoms with Crippen molar-refractivity contribution in [1.82, 2.24) is 4.90 Å². The number of piperidine rings is 1. The summed E-state index contributed by atoms with van der Waals surface area (Å²) in [6, 6.07) is 5.17. The molecule has 2 aliphatic rings. The number of aryl methyl sites for hydroxylation is 1. The molecule has 0 aromatic carbocycles. The number of anilines is 1. The van der Waals surface area contributed by atoms with Crippen molar-refractivity contribution < 1.29 is 14.0 Å². The number of nitrogens with zero attached hydrogens (tertiary/aromatic N) is 1. The van der Waals surface area contributed by atoms with Gasteiger partial charge in [0.25, 0.3) is 11.8 Å². The summed E-state index contributed by atoms with van der Waals surface area (Å²) in [4.78, 5) is 27.9. The number of thiophene rings is 1. The highest BCUT2D eigenvalue weighted by Gasteiger charge is 2.34. The summed E-state index contributed by atoms with van der Waals surface area (Å²) in [5.41, 5.74) is 0.917. The minimum absolute atomic E-state index is 0.107. The Kier molecular flexibility index (Phi) is 4.85. The molecule has 1 aliphatic heterocycles. The second-order valence-electron chi connectivity index (χ2n) is 7.40. The van der Waals surface area contributed by atoms with Crippen molar-refractivity contribution in [2.24, 2.45) is 11.8 Å². The Morgan fingerprint density at radius 3 is 2.81 bits per heavy atom. The number of carbonyl (C=O) groups is 2. The van der Waals surface area contributed by atoms with Gasteiger partial charge in [-0.25, -0.2) is 0 Å². The molecule has 2 amide bonds. The molecular weight excluding hydrogens is 348 g/mol. The zero-order chi connectivity index (χ0) is 18.1. The van der Waals surface area contributed by atoms with Gasteiger partial charge < -0.3 is 14.6 Å². The molecule has 2 aromatic heterocycles. The van der Waals surface area contributed by atoms with Crippen LogP contribution in [0.1, 0.15) is 57.9 Å². The average Bonchev–Trinajstić information content (AvgIpc) is 3.30. The van der Waals surface area contributed by atoms with Gasteiger partial charge in [0, 0.05) is 13.1 Å². The van der Waals surface area contributed by atoms with Crippen molar-refractivity contribution in [2.45, 2.75) is 39.0 Å². The highest BCUT2D eigenvalue weighted by molar-refractivity contribution is 7.18. The molecule has 1 aliphatic carbocycles. The SMILES string of the molecule is Cc1cc(NC(=O)c2ccco2)sc1C(=O)N1CC[C@@H]2CCCC[C@@H]2C1. The highest BCUT2D eigenvalue weighted by Crippen LogP contribution is 2.37. The molecular formula is C20H24N2O3S. The summed E-state index contributed by atoms with van der Waals surface area (Å²) in [6.07, 6.45) is 7.82. The lowest BCUT2D eigenvalue weighted by Gasteiger charge is -2.41. The molecule has 0 radical (unpaired) electrons. The van der Waals surface area contributed by atoms with Crippen LogP contribution < -0.4 is 5.32 Å². The first kappa shape index (κ1) is 17.3. The van der Waals surface area contributed by atoms with Crippen LogP contribution in [0.2, 0.25) is 0 Å². The Balaban J connectivity index is 1.45. The largest absolute Gasteiger partial charge is 0.459 e. The molecule has 0 unspecified atom stereocenters. The Labute approximate surface area is 157 Å². The van der Waals surface area contributed by atoms with Crippen LogP contribution in [-0.4, -0.2) is 29.8 Å². The minimum Gasteiger partial charge on any atom is -0.459 e. The van der Waals surface area contributed by atoms with Crippen LogP contribution in [0.5, 0.6) is 0 Å². The van der Waals surface area contributed by atoms with Crippen LogP contribution in [-0.2, 0) is 0 Å². The fourth-order valence-corrected chi connectivity index (χ4v) is 5.30. The van der Waals surface area contributed by atoms with E-state index < -0.39 is 0 Å². The van der Waals surface area contributed by atoms with Crippen LogP contribution in [0, 0.1) is 18.8 Å². The first-order valence-electron chi connectivity index (χ1n) is 9.36. The number of carbonyl (C=O) groups excluding carboxylic acids is 2. The standard InChI is InChI=1S/C20H24N2O3S/c1-13-11-17(21-19(23)16-7-4-10-25-16)26-18(13)20(24)22-9-8-14-5-2-3-6-15(14)12-22/h4,7,10-11,14-15H,2-3,5-6,8-9,12H2,1H3,(H,21,23)/t14-,15+/m0/s1. The van der Waals surface area contributed by atoms with Crippen LogP contribution in [0.15, 0.2) is 28.9 Å². The average molecular weight is 372 g/mol. The van der Waals surface area contributed by atoms with Crippen molar-refractivity contribution in [3.63, 3.8) is 0 Å². The Morgan fingerprint density at radius 1 is 1.23 bits per heavy atom. The molecule has 2 atom stereocenters. The molecule has 2 fully saturated rings. The maximum absolute atomic E-state index is 13.0. The Bertz CT molecular complexity index is 796. The van der Waals surface area contributed by atoms with Gasteiger partial charge in [-0.1, -0.05) is 19.3 Å². The smallest absolute Gasteiger partial charge is 0.291 e. The molecule has 0 bridgehead atoms. The zero-order valence-corrected chi connectivity index (χ0v) is 15.8. The number of likely N-dealkylation sites (tertiary alicyclic amines) is 1. The molecule has 26 heavy (non-hydrogen) atoms. The second-order valence-corrected chi connectivity index (χ2v) is 8.45. The van der Waals surface area contributed by atoms with Crippen molar-refractivity contribution in [2.75, 3.05) is 18.4 Å². The van der Waals surface area contributed by atoms with E-state index >= 15 is 0 Å². The third-order valence-corrected chi connectivity index (χ3v) is 6.81. The summed E-state index contributed by atoms with van der Waals surface area (Å²) >= 11 is 1.35. The van der Waals surface area contributed by atoms with E-state index in [0.29, 0.717) is 10.9 Å². The first-order chi connectivity index (χ1) is 12.6. The minimum atomic E-state index is -0.293. The second kappa shape index (κ2) is 7.27. The molecule has 138 valence electrons. The molecule has 2 aromatic rings. The summed E-state index contributed by atoms with van der Waals surface area (Å²) in [5.74, 6) is 1.55. The van der Waals surface area contributed by atoms with Crippen molar-refractivity contribution in [1.29, 1.82) is 0 Å². The van der Waals surface area contributed by atoms with Crippen molar-refractivity contribution >= 4 is 28.2 Å². The number of fused-ring (bicyclic) bond motifs is 1. The van der Waals surface area contributed by atoms with Gasteiger partial charge in [0.05, 0.1) is 16.1 Å². The molecule has 1 saturated carbocycles. The Morgan fingerprint density at radius 2 is 2.04 bits per heavy atom. The maximum atomic E-state index is 13.0. The van der Waals surface area contributed by atoms with Crippen LogP contribution in [0.4, 0.5) is 5.00 Å². The van der Waals surface area contributed by atoms with E-state index in [9.17, 15) is 9.59 Å². The number of nitrogens with one attached hydrogen (secondary N) is 1. The van der Waals surface area contributed by atoms with Crippen molar-refractivity contribution in [3.8, 4) is 0 Å².